The van der Waals surface area contributed by atoms with E-state index in [4.69, 9.17) is 13.9 Å². The monoisotopic (exact) mass is 454 g/mol. The van der Waals surface area contributed by atoms with Crippen molar-refractivity contribution >= 4 is 23.0 Å². The fourth-order valence-corrected chi connectivity index (χ4v) is 3.80. The molecule has 0 saturated carbocycles. The molecule has 1 unspecified atom stereocenters. The average molecular weight is 455 g/mol. The summed E-state index contributed by atoms with van der Waals surface area (Å²) in [7, 11) is 1.62. The summed E-state index contributed by atoms with van der Waals surface area (Å²) in [5.74, 6) is 1.36. The first-order chi connectivity index (χ1) is 15.9. The molecule has 178 valence electrons. The Hall–Kier alpha value is -3.22. The molecule has 7 heteroatoms. The van der Waals surface area contributed by atoms with Crippen molar-refractivity contribution in [2.45, 2.75) is 58.1 Å². The van der Waals surface area contributed by atoms with E-state index in [1.807, 2.05) is 62.4 Å². The fourth-order valence-electron chi connectivity index (χ4n) is 3.80. The van der Waals surface area contributed by atoms with Crippen molar-refractivity contribution in [3.8, 4) is 0 Å². The third-order valence-corrected chi connectivity index (χ3v) is 5.65. The molecule has 2 aromatic rings. The molecule has 1 heterocycles. The molecular weight excluding hydrogens is 420 g/mol. The van der Waals surface area contributed by atoms with Crippen LogP contribution < -0.4 is 10.6 Å². The van der Waals surface area contributed by atoms with Gasteiger partial charge in [-0.1, -0.05) is 36.8 Å². The molecule has 0 saturated heterocycles. The van der Waals surface area contributed by atoms with Gasteiger partial charge in [-0.2, -0.15) is 0 Å². The zero-order chi connectivity index (χ0) is 23.7. The molecule has 1 aliphatic carbocycles. The molecule has 0 fully saturated rings. The maximum absolute atomic E-state index is 12.3. The molecule has 0 bridgehead atoms. The molecule has 0 aliphatic heterocycles. The number of carbonyl (C=O) groups excluding carboxylic acids is 2. The molecule has 7 nitrogen and oxygen atoms in total. The normalized spacial score (nSPS) is 15.7. The first kappa shape index (κ1) is 24.4. The van der Waals surface area contributed by atoms with E-state index >= 15 is 0 Å². The lowest BCUT2D eigenvalue weighted by Crippen LogP contribution is -2.34. The standard InChI is InChI=1S/C26H34N2O5/c1-26(2,33-25(30)28-18-22-16-19-10-5-6-13-23(19)32-22)14-7-4-8-15-27-24(29)20-11-9-12-21(17-20)31-3/h5-6,9-13,16,20H,4,7-8,14-15,17-18H2,1-3H3,(H,27,29)(H,28,30). The molecule has 1 aromatic heterocycles. The highest BCUT2D eigenvalue weighted by Crippen LogP contribution is 2.21. The van der Waals surface area contributed by atoms with E-state index in [2.05, 4.69) is 10.6 Å². The minimum absolute atomic E-state index is 0.0266. The van der Waals surface area contributed by atoms with Crippen LogP contribution in [0.15, 0.2) is 58.7 Å². The van der Waals surface area contributed by atoms with E-state index in [0.717, 1.165) is 42.4 Å². The Morgan fingerprint density at radius 3 is 2.76 bits per heavy atom. The third-order valence-electron chi connectivity index (χ3n) is 5.65. The van der Waals surface area contributed by atoms with Gasteiger partial charge in [0.25, 0.3) is 0 Å². The number of alkyl carbamates (subject to hydrolysis) is 1. The Morgan fingerprint density at radius 1 is 1.15 bits per heavy atom. The number of carbonyl (C=O) groups is 2. The quantitative estimate of drug-likeness (QED) is 0.454. The van der Waals surface area contributed by atoms with Crippen LogP contribution in [0, 0.1) is 5.92 Å². The molecule has 1 aliphatic rings. The lowest BCUT2D eigenvalue weighted by atomic mass is 9.98. The average Bonchev–Trinajstić information content (AvgIpc) is 3.22. The SMILES string of the molecule is COC1=CC=CC(C(=O)NCCCCCC(C)(C)OC(=O)NCc2cc3ccccc3o2)C1. The van der Waals surface area contributed by atoms with Crippen molar-refractivity contribution < 1.29 is 23.5 Å². The molecule has 3 rings (SSSR count). The van der Waals surface area contributed by atoms with Crippen LogP contribution in [0.5, 0.6) is 0 Å². The third kappa shape index (κ3) is 7.70. The number of furan rings is 1. The van der Waals surface area contributed by atoms with Crippen LogP contribution in [0.25, 0.3) is 11.0 Å². The zero-order valence-electron chi connectivity index (χ0n) is 19.7. The van der Waals surface area contributed by atoms with Gasteiger partial charge in [0.05, 0.1) is 25.3 Å². The summed E-state index contributed by atoms with van der Waals surface area (Å²) < 4.78 is 16.5. The van der Waals surface area contributed by atoms with E-state index < -0.39 is 11.7 Å². The number of hydrogen-bond acceptors (Lipinski definition) is 5. The molecule has 1 aromatic carbocycles. The van der Waals surface area contributed by atoms with Crippen LogP contribution in [0.2, 0.25) is 0 Å². The zero-order valence-corrected chi connectivity index (χ0v) is 19.7. The van der Waals surface area contributed by atoms with Crippen molar-refractivity contribution in [2.24, 2.45) is 5.92 Å². The number of unbranched alkanes of at least 4 members (excludes halogenated alkanes) is 2. The van der Waals surface area contributed by atoms with Gasteiger partial charge in [-0.15, -0.1) is 0 Å². The van der Waals surface area contributed by atoms with Crippen molar-refractivity contribution in [2.75, 3.05) is 13.7 Å². The van der Waals surface area contributed by atoms with Gasteiger partial charge in [-0.25, -0.2) is 4.79 Å². The first-order valence-corrected chi connectivity index (χ1v) is 11.5. The minimum Gasteiger partial charge on any atom is -0.501 e. The van der Waals surface area contributed by atoms with Gasteiger partial charge in [-0.05, 0) is 51.3 Å². The Kier molecular flexibility index (Phi) is 8.58. The largest absolute Gasteiger partial charge is 0.501 e. The second-order valence-corrected chi connectivity index (χ2v) is 8.89. The van der Waals surface area contributed by atoms with Crippen LogP contribution in [0.3, 0.4) is 0 Å². The first-order valence-electron chi connectivity index (χ1n) is 11.5. The van der Waals surface area contributed by atoms with E-state index in [1.165, 1.54) is 0 Å². The van der Waals surface area contributed by atoms with Crippen LogP contribution in [-0.2, 0) is 20.8 Å². The summed E-state index contributed by atoms with van der Waals surface area (Å²) in [6.07, 6.45) is 9.25. The number of ether oxygens (including phenoxy) is 2. The number of benzene rings is 1. The Balaban J connectivity index is 1.28. The Morgan fingerprint density at radius 2 is 1.97 bits per heavy atom. The molecule has 0 spiro atoms. The van der Waals surface area contributed by atoms with Gasteiger partial charge in [0.15, 0.2) is 0 Å². The van der Waals surface area contributed by atoms with Crippen molar-refractivity contribution in [3.05, 3.63) is 60.1 Å². The van der Waals surface area contributed by atoms with Crippen LogP contribution in [0.1, 0.15) is 51.7 Å². The van der Waals surface area contributed by atoms with E-state index in [0.29, 0.717) is 18.7 Å². The summed E-state index contributed by atoms with van der Waals surface area (Å²) in [5.41, 5.74) is 0.225. The number of hydrogen-bond donors (Lipinski definition) is 2. The number of rotatable bonds is 11. The molecule has 2 amide bonds. The number of para-hydroxylation sites is 1. The smallest absolute Gasteiger partial charge is 0.408 e. The number of fused-ring (bicyclic) bond motifs is 1. The van der Waals surface area contributed by atoms with Crippen molar-refractivity contribution in [1.29, 1.82) is 0 Å². The topological polar surface area (TPSA) is 89.8 Å². The summed E-state index contributed by atoms with van der Waals surface area (Å²) in [4.78, 5) is 24.5. The van der Waals surface area contributed by atoms with Crippen molar-refractivity contribution in [3.63, 3.8) is 0 Å². The van der Waals surface area contributed by atoms with Crippen LogP contribution >= 0.6 is 0 Å². The highest BCUT2D eigenvalue weighted by Gasteiger charge is 2.23. The van der Waals surface area contributed by atoms with Crippen LogP contribution in [-0.4, -0.2) is 31.3 Å². The van der Waals surface area contributed by atoms with Gasteiger partial charge >= 0.3 is 6.09 Å². The number of allylic oxidation sites excluding steroid dienone is 3. The predicted molar refractivity (Wildman–Crippen MR) is 127 cm³/mol. The van der Waals surface area contributed by atoms with Gasteiger partial charge in [0.1, 0.15) is 16.9 Å². The molecule has 0 radical (unpaired) electrons. The fraction of sp³-hybridized carbons (Fsp3) is 0.462. The summed E-state index contributed by atoms with van der Waals surface area (Å²) >= 11 is 0. The van der Waals surface area contributed by atoms with Gasteiger partial charge in [-0.3, -0.25) is 4.79 Å². The summed E-state index contributed by atoms with van der Waals surface area (Å²) in [6.45, 7) is 4.73. The van der Waals surface area contributed by atoms with Gasteiger partial charge in [0, 0.05) is 18.4 Å². The van der Waals surface area contributed by atoms with E-state index in [-0.39, 0.29) is 18.4 Å². The van der Waals surface area contributed by atoms with E-state index in [9.17, 15) is 9.59 Å². The number of methoxy groups -OCH3 is 1. The lowest BCUT2D eigenvalue weighted by molar-refractivity contribution is -0.123. The van der Waals surface area contributed by atoms with Gasteiger partial charge < -0.3 is 24.5 Å². The minimum atomic E-state index is -0.572. The van der Waals surface area contributed by atoms with Gasteiger partial charge in [0.2, 0.25) is 5.91 Å². The molecular formula is C26H34N2O5. The number of nitrogens with one attached hydrogen (secondary N) is 2. The Bertz CT molecular complexity index is 972. The van der Waals surface area contributed by atoms with E-state index in [1.54, 1.807) is 7.11 Å². The number of amides is 2. The Labute approximate surface area is 195 Å². The highest BCUT2D eigenvalue weighted by molar-refractivity contribution is 5.81. The van der Waals surface area contributed by atoms with Crippen molar-refractivity contribution in [1.82, 2.24) is 10.6 Å². The van der Waals surface area contributed by atoms with Crippen LogP contribution in [0.4, 0.5) is 4.79 Å². The predicted octanol–water partition coefficient (Wildman–Crippen LogP) is 5.22. The molecule has 2 N–H and O–H groups in total. The second-order valence-electron chi connectivity index (χ2n) is 8.89. The highest BCUT2D eigenvalue weighted by atomic mass is 16.6. The lowest BCUT2D eigenvalue weighted by Gasteiger charge is -2.25. The second kappa shape index (κ2) is 11.6. The molecule has 1 atom stereocenters. The summed E-state index contributed by atoms with van der Waals surface area (Å²) in [6, 6.07) is 9.64. The maximum Gasteiger partial charge on any atom is 0.408 e. The summed E-state index contributed by atoms with van der Waals surface area (Å²) in [5, 5.41) is 6.75. The maximum atomic E-state index is 12.3. The molecule has 33 heavy (non-hydrogen) atoms.